The highest BCUT2D eigenvalue weighted by Gasteiger charge is 2.59. The lowest BCUT2D eigenvalue weighted by atomic mass is 9.98. The van der Waals surface area contributed by atoms with Crippen molar-refractivity contribution in [3.8, 4) is 0 Å². The summed E-state index contributed by atoms with van der Waals surface area (Å²) in [6.07, 6.45) is 0.714. The summed E-state index contributed by atoms with van der Waals surface area (Å²) in [5.41, 5.74) is -0.987. The van der Waals surface area contributed by atoms with Crippen LogP contribution in [0.15, 0.2) is 30.3 Å². The van der Waals surface area contributed by atoms with Crippen molar-refractivity contribution in [1.82, 2.24) is 9.62 Å². The number of carbonyl (C=O) groups is 2. The number of carboxylic acids is 1. The molecule has 1 aromatic rings. The van der Waals surface area contributed by atoms with Crippen molar-refractivity contribution in [3.05, 3.63) is 35.9 Å². The van der Waals surface area contributed by atoms with E-state index in [0.29, 0.717) is 13.0 Å². The van der Waals surface area contributed by atoms with Crippen LogP contribution in [-0.2, 0) is 30.4 Å². The predicted octanol–water partition coefficient (Wildman–Crippen LogP) is 1.91. The molecule has 0 saturated carbocycles. The number of nitrogens with zero attached hydrogens (tertiary/aromatic N) is 1. The molecule has 0 aliphatic carbocycles. The summed E-state index contributed by atoms with van der Waals surface area (Å²) >= 11 is 2.74. The van der Waals surface area contributed by atoms with Gasteiger partial charge in [-0.25, -0.2) is 13.9 Å². The number of methoxy groups -OCH3 is 2. The van der Waals surface area contributed by atoms with Gasteiger partial charge in [-0.1, -0.05) is 30.3 Å². The second kappa shape index (κ2) is 9.67. The van der Waals surface area contributed by atoms with E-state index in [2.05, 4.69) is 5.32 Å². The van der Waals surface area contributed by atoms with Crippen LogP contribution in [0, 0.1) is 0 Å². The summed E-state index contributed by atoms with van der Waals surface area (Å²) < 4.78 is 18.4. The summed E-state index contributed by atoms with van der Waals surface area (Å²) in [6, 6.07) is 9.19. The monoisotopic (exact) mass is 442 g/mol. The van der Waals surface area contributed by atoms with E-state index in [1.807, 2.05) is 30.3 Å². The van der Waals surface area contributed by atoms with Crippen LogP contribution < -0.4 is 5.32 Å². The Morgan fingerprint density at radius 3 is 2.66 bits per heavy atom. The number of carbonyl (C=O) groups excluding carboxylic acids is 1. The molecule has 3 rings (SSSR count). The molecule has 0 aromatic heterocycles. The predicted molar refractivity (Wildman–Crippen MR) is 111 cm³/mol. The first-order chi connectivity index (χ1) is 14.0. The van der Waals surface area contributed by atoms with Gasteiger partial charge in [0, 0.05) is 33.1 Å². The van der Waals surface area contributed by atoms with E-state index in [0.717, 1.165) is 29.8 Å². The van der Waals surface area contributed by atoms with E-state index in [9.17, 15) is 14.7 Å². The van der Waals surface area contributed by atoms with Crippen molar-refractivity contribution in [2.75, 3.05) is 33.1 Å². The maximum atomic E-state index is 13.0. The molecule has 2 aliphatic rings. The molecule has 2 aliphatic heterocycles. The first kappa shape index (κ1) is 22.4. The first-order valence-corrected chi connectivity index (χ1v) is 11.2. The van der Waals surface area contributed by atoms with E-state index < -0.39 is 22.6 Å². The highest BCUT2D eigenvalue weighted by atomic mass is 32.2. The van der Waals surface area contributed by atoms with Crippen molar-refractivity contribution >= 4 is 35.6 Å². The molecular formula is C19H26N2O6S2. The van der Waals surface area contributed by atoms with Gasteiger partial charge in [-0.15, -0.1) is 11.8 Å². The van der Waals surface area contributed by atoms with E-state index in [1.165, 1.54) is 14.2 Å². The van der Waals surface area contributed by atoms with Crippen LogP contribution in [0.5, 0.6) is 0 Å². The third-order valence-corrected chi connectivity index (χ3v) is 8.01. The minimum atomic E-state index is -1.79. The van der Waals surface area contributed by atoms with Gasteiger partial charge in [0.05, 0.1) is 0 Å². The first-order valence-electron chi connectivity index (χ1n) is 9.35. The molecule has 29 heavy (non-hydrogen) atoms. The van der Waals surface area contributed by atoms with Gasteiger partial charge in [-0.3, -0.25) is 5.32 Å². The Kier molecular flexibility index (Phi) is 7.47. The number of nitrogens with one attached hydrogen (secondary N) is 1. The zero-order valence-corrected chi connectivity index (χ0v) is 18.1. The van der Waals surface area contributed by atoms with Crippen LogP contribution in [0.4, 0.5) is 0 Å². The van der Waals surface area contributed by atoms with Gasteiger partial charge in [0.1, 0.15) is 12.0 Å². The van der Waals surface area contributed by atoms with Crippen LogP contribution >= 0.6 is 23.7 Å². The van der Waals surface area contributed by atoms with Crippen LogP contribution in [0.2, 0.25) is 0 Å². The molecule has 0 unspecified atom stereocenters. The van der Waals surface area contributed by atoms with E-state index in [-0.39, 0.29) is 18.4 Å². The normalized spacial score (nSPS) is 25.2. The van der Waals surface area contributed by atoms with Gasteiger partial charge in [0.15, 0.2) is 0 Å². The van der Waals surface area contributed by atoms with Gasteiger partial charge in [0.25, 0.3) is 5.12 Å². The molecule has 1 aromatic carbocycles. The van der Waals surface area contributed by atoms with Crippen LogP contribution in [-0.4, -0.2) is 70.4 Å². The second-order valence-electron chi connectivity index (χ2n) is 6.74. The third kappa shape index (κ3) is 4.42. The third-order valence-electron chi connectivity index (χ3n) is 5.07. The Balaban J connectivity index is 1.80. The van der Waals surface area contributed by atoms with Gasteiger partial charge in [0.2, 0.25) is 5.54 Å². The summed E-state index contributed by atoms with van der Waals surface area (Å²) in [5, 5.41) is 12.0. The number of hydrogen-bond acceptors (Lipinski definition) is 9. The molecule has 0 radical (unpaired) electrons. The number of aliphatic carboxylic acids is 1. The fourth-order valence-electron chi connectivity index (χ4n) is 3.49. The van der Waals surface area contributed by atoms with Gasteiger partial charge < -0.3 is 19.3 Å². The minimum absolute atomic E-state index is 0.0208. The number of benzene rings is 1. The van der Waals surface area contributed by atoms with Crippen molar-refractivity contribution < 1.29 is 28.9 Å². The largest absolute Gasteiger partial charge is 0.479 e. The summed E-state index contributed by atoms with van der Waals surface area (Å²) in [5.74, 6) is -1.11. The highest BCUT2D eigenvalue weighted by molar-refractivity contribution is 8.03. The Morgan fingerprint density at radius 1 is 1.34 bits per heavy atom. The van der Waals surface area contributed by atoms with Crippen molar-refractivity contribution in [2.24, 2.45) is 0 Å². The summed E-state index contributed by atoms with van der Waals surface area (Å²) in [4.78, 5) is 25.3. The minimum Gasteiger partial charge on any atom is -0.479 e. The molecule has 160 valence electrons. The van der Waals surface area contributed by atoms with Crippen molar-refractivity contribution in [3.63, 3.8) is 0 Å². The highest BCUT2D eigenvalue weighted by Crippen LogP contribution is 2.46. The standard InChI is InChI=1S/C19H26N2O6S2/c1-25-19(26-2,15-20-10-12-28-15)29-21-11-6-9-18(21,16(22)23)17(24)27-13-14-7-4-3-5-8-14/h3-5,7-8,15,20H,6,9-13H2,1-2H3,(H,22,23)/t15-,18-/m0/s1. The summed E-state index contributed by atoms with van der Waals surface area (Å²) in [7, 11) is 3.03. The number of ether oxygens (including phenoxy) is 3. The Hall–Kier alpha value is -1.30. The average molecular weight is 443 g/mol. The zero-order chi connectivity index (χ0) is 20.9. The summed E-state index contributed by atoms with van der Waals surface area (Å²) in [6.45, 7) is 1.23. The Bertz CT molecular complexity index is 712. The quantitative estimate of drug-likeness (QED) is 0.255. The zero-order valence-electron chi connectivity index (χ0n) is 16.5. The maximum absolute atomic E-state index is 13.0. The average Bonchev–Trinajstić information content (AvgIpc) is 3.42. The molecule has 2 fully saturated rings. The lowest BCUT2D eigenvalue weighted by Crippen LogP contribution is -2.58. The van der Waals surface area contributed by atoms with Crippen LogP contribution in [0.25, 0.3) is 0 Å². The fraction of sp³-hybridized carbons (Fsp3) is 0.579. The molecule has 2 heterocycles. The molecule has 2 saturated heterocycles. The smallest absolute Gasteiger partial charge is 0.339 e. The van der Waals surface area contributed by atoms with Gasteiger partial charge in [-0.05, 0) is 30.4 Å². The van der Waals surface area contributed by atoms with E-state index in [4.69, 9.17) is 14.2 Å². The lowest BCUT2D eigenvalue weighted by molar-refractivity contribution is -0.168. The lowest BCUT2D eigenvalue weighted by Gasteiger charge is -2.40. The molecule has 0 bridgehead atoms. The van der Waals surface area contributed by atoms with Crippen LogP contribution in [0.3, 0.4) is 0 Å². The molecular weight excluding hydrogens is 416 g/mol. The van der Waals surface area contributed by atoms with E-state index in [1.54, 1.807) is 16.1 Å². The van der Waals surface area contributed by atoms with Gasteiger partial charge in [-0.2, -0.15) is 0 Å². The van der Waals surface area contributed by atoms with Gasteiger partial charge >= 0.3 is 11.9 Å². The fourth-order valence-corrected chi connectivity index (χ4v) is 6.18. The number of hydrogen-bond donors (Lipinski definition) is 2. The number of carboxylic acid groups (broad SMARTS) is 1. The number of thioether (sulfide) groups is 1. The number of esters is 1. The SMILES string of the molecule is COC(OC)(SN1CCC[C@]1(C(=O)O)C(=O)OCc1ccccc1)[C@H]1NCCS1. The van der Waals surface area contributed by atoms with Crippen molar-refractivity contribution in [2.45, 2.75) is 35.5 Å². The van der Waals surface area contributed by atoms with Crippen molar-refractivity contribution in [1.29, 1.82) is 0 Å². The maximum Gasteiger partial charge on any atom is 0.339 e. The Morgan fingerprint density at radius 2 is 2.07 bits per heavy atom. The van der Waals surface area contributed by atoms with Crippen LogP contribution in [0.1, 0.15) is 18.4 Å². The number of rotatable bonds is 9. The molecule has 10 heteroatoms. The molecule has 0 spiro atoms. The molecule has 2 atom stereocenters. The van der Waals surface area contributed by atoms with E-state index >= 15 is 0 Å². The molecule has 8 nitrogen and oxygen atoms in total. The topological polar surface area (TPSA) is 97.3 Å². The molecule has 2 N–H and O–H groups in total. The Labute approximate surface area is 178 Å². The second-order valence-corrected chi connectivity index (χ2v) is 9.15. The molecule has 0 amide bonds.